The van der Waals surface area contributed by atoms with Gasteiger partial charge in [-0.1, -0.05) is 12.1 Å². The minimum Gasteiger partial charge on any atom is -0.491 e. The molecule has 3 rings (SSSR count). The highest BCUT2D eigenvalue weighted by Gasteiger charge is 2.45. The van der Waals surface area contributed by atoms with Gasteiger partial charge in [-0.2, -0.15) is 0 Å². The van der Waals surface area contributed by atoms with Crippen LogP contribution >= 0.6 is 0 Å². The van der Waals surface area contributed by atoms with Crippen LogP contribution in [0.1, 0.15) is 73.5 Å². The van der Waals surface area contributed by atoms with Crippen molar-refractivity contribution in [3.63, 3.8) is 0 Å². The van der Waals surface area contributed by atoms with E-state index in [-0.39, 0.29) is 10.2 Å². The molecular formula is C23H34N2O7. The minimum absolute atomic E-state index is 0.0622. The number of hydrogen-bond acceptors (Lipinski definition) is 8. The number of rotatable bonds is 8. The average Bonchev–Trinajstić information content (AvgIpc) is 3.29. The lowest BCUT2D eigenvalue weighted by atomic mass is 9.99. The Balaban J connectivity index is 2.24. The minimum atomic E-state index is -3.75. The van der Waals surface area contributed by atoms with Crippen molar-refractivity contribution in [1.29, 1.82) is 0 Å². The number of ether oxygens (including phenoxy) is 3. The van der Waals surface area contributed by atoms with E-state index in [9.17, 15) is 20.4 Å². The molecule has 2 aromatic rings. The van der Waals surface area contributed by atoms with E-state index < -0.39 is 113 Å². The van der Waals surface area contributed by atoms with E-state index in [2.05, 4.69) is 5.10 Å². The van der Waals surface area contributed by atoms with Gasteiger partial charge in [0.05, 0.1) is 15.4 Å². The zero-order chi connectivity index (χ0) is 37.9. The van der Waals surface area contributed by atoms with Gasteiger partial charge < -0.3 is 34.6 Å². The predicted octanol–water partition coefficient (Wildman–Crippen LogP) is 1.33. The Morgan fingerprint density at radius 2 is 1.88 bits per heavy atom. The van der Waals surface area contributed by atoms with Crippen LogP contribution in [0.3, 0.4) is 0 Å². The summed E-state index contributed by atoms with van der Waals surface area (Å²) in [5, 5.41) is 44.2. The van der Waals surface area contributed by atoms with E-state index in [1.165, 1.54) is 0 Å². The summed E-state index contributed by atoms with van der Waals surface area (Å²) in [5.74, 6) is -1.30. The maximum Gasteiger partial charge on any atom is 0.239 e. The van der Waals surface area contributed by atoms with Crippen molar-refractivity contribution in [1.82, 2.24) is 9.78 Å². The molecule has 9 heteroatoms. The van der Waals surface area contributed by atoms with Crippen LogP contribution in [0, 0.1) is 6.85 Å². The molecule has 178 valence electrons. The third-order valence-electron chi connectivity index (χ3n) is 4.76. The lowest BCUT2D eigenvalue weighted by Crippen LogP contribution is -2.60. The molecule has 0 radical (unpaired) electrons. The lowest BCUT2D eigenvalue weighted by Gasteiger charge is -2.39. The molecule has 1 aromatic carbocycles. The van der Waals surface area contributed by atoms with Crippen LogP contribution in [0.2, 0.25) is 0 Å². The molecule has 1 aromatic heterocycles. The highest BCUT2D eigenvalue weighted by Crippen LogP contribution is 2.31. The zero-order valence-corrected chi connectivity index (χ0v) is 16.5. The van der Waals surface area contributed by atoms with Crippen LogP contribution in [-0.4, -0.2) is 73.6 Å². The van der Waals surface area contributed by atoms with Gasteiger partial charge in [0, 0.05) is 44.3 Å². The highest BCUT2D eigenvalue weighted by atomic mass is 16.7. The summed E-state index contributed by atoms with van der Waals surface area (Å²) in [6.07, 6.45) is -13.5. The number of hydrogen-bond donors (Lipinski definition) is 4. The number of benzene rings is 1. The van der Waals surface area contributed by atoms with Crippen LogP contribution < -0.4 is 9.47 Å². The molecule has 1 saturated heterocycles. The van der Waals surface area contributed by atoms with Gasteiger partial charge in [-0.25, -0.2) is 0 Å². The zero-order valence-electron chi connectivity index (χ0n) is 33.5. The van der Waals surface area contributed by atoms with E-state index >= 15 is 0 Å². The largest absolute Gasteiger partial charge is 0.491 e. The van der Waals surface area contributed by atoms with Crippen LogP contribution in [0.5, 0.6) is 11.6 Å². The van der Waals surface area contributed by atoms with Crippen molar-refractivity contribution < 1.29 is 57.9 Å². The summed E-state index contributed by atoms with van der Waals surface area (Å²) in [4.78, 5) is 0. The van der Waals surface area contributed by atoms with Crippen molar-refractivity contribution in [2.75, 3.05) is 6.61 Å². The van der Waals surface area contributed by atoms with Crippen LogP contribution in [0.4, 0.5) is 0 Å². The van der Waals surface area contributed by atoms with E-state index in [0.29, 0.717) is 0 Å². The van der Waals surface area contributed by atoms with Crippen molar-refractivity contribution in [3.8, 4) is 11.6 Å². The SMILES string of the molecule is [2H]C([2H])([2H])c1c(Cc2ccc(OC([2H])(C([2H])([2H])[2H])C([2H])([2H])[2H])cc2)c(O[C@@H]2O[C@H](CO)[C@@H](O)[C@H](O)[C@H]2O)nn1C([2H])(C([2H])([2H])[2H])C([2H])([2H])[2H]. The summed E-state index contributed by atoms with van der Waals surface area (Å²) in [5.41, 5.74) is -1.60. The molecule has 0 spiro atoms. The van der Waals surface area contributed by atoms with E-state index in [0.717, 1.165) is 24.3 Å². The Kier molecular flexibility index (Phi) is 3.31. The lowest BCUT2D eigenvalue weighted by molar-refractivity contribution is -0.278. The number of nitrogens with zero attached hydrogens (tertiary/aromatic N) is 2. The van der Waals surface area contributed by atoms with Gasteiger partial charge in [0.1, 0.15) is 30.2 Å². The monoisotopic (exact) mass is 467 g/mol. The second-order valence-electron chi connectivity index (χ2n) is 6.96. The van der Waals surface area contributed by atoms with Gasteiger partial charge >= 0.3 is 0 Å². The summed E-state index contributed by atoms with van der Waals surface area (Å²) < 4.78 is 149. The summed E-state index contributed by atoms with van der Waals surface area (Å²) in [7, 11) is 0. The Bertz CT molecular complexity index is 1420. The fourth-order valence-corrected chi connectivity index (χ4v) is 3.12. The molecule has 0 bridgehead atoms. The van der Waals surface area contributed by atoms with Gasteiger partial charge in [0.2, 0.25) is 12.2 Å². The molecule has 1 aliphatic heterocycles. The molecule has 0 unspecified atom stereocenters. The first kappa shape index (κ1) is 10.4. The predicted molar refractivity (Wildman–Crippen MR) is 117 cm³/mol. The topological polar surface area (TPSA) is 126 Å². The van der Waals surface area contributed by atoms with E-state index in [1.54, 1.807) is 0 Å². The van der Waals surface area contributed by atoms with Crippen molar-refractivity contribution >= 4 is 0 Å². The molecule has 4 N–H and O–H groups in total. The van der Waals surface area contributed by atoms with Crippen LogP contribution in [0.25, 0.3) is 0 Å². The third-order valence-corrected chi connectivity index (χ3v) is 4.76. The molecule has 0 aliphatic carbocycles. The fourth-order valence-electron chi connectivity index (χ4n) is 3.12. The molecule has 0 amide bonds. The van der Waals surface area contributed by atoms with Gasteiger partial charge in [-0.05, 0) is 52.0 Å². The molecule has 32 heavy (non-hydrogen) atoms. The molecular weight excluding hydrogens is 416 g/mol. The fraction of sp³-hybridized carbons (Fsp3) is 0.609. The number of aliphatic hydroxyl groups excluding tert-OH is 4. The maximum atomic E-state index is 10.5. The van der Waals surface area contributed by atoms with Gasteiger partial charge in [0.25, 0.3) is 0 Å². The van der Waals surface area contributed by atoms with Crippen molar-refractivity contribution in [2.45, 2.75) is 83.5 Å². The molecule has 5 atom stereocenters. The second kappa shape index (κ2) is 10.2. The normalized spacial score (nSPS) is 36.5. The Morgan fingerprint density at radius 1 is 1.12 bits per heavy atom. The smallest absolute Gasteiger partial charge is 0.239 e. The first-order valence-corrected chi connectivity index (χ1v) is 9.30. The Hall–Kier alpha value is -2.17. The summed E-state index contributed by atoms with van der Waals surface area (Å²) in [6.45, 7) is -18.7. The second-order valence-corrected chi connectivity index (χ2v) is 6.96. The van der Waals surface area contributed by atoms with Crippen molar-refractivity contribution in [2.24, 2.45) is 0 Å². The molecule has 1 fully saturated rings. The van der Waals surface area contributed by atoms with Crippen LogP contribution in [0.15, 0.2) is 24.3 Å². The first-order valence-electron chi connectivity index (χ1n) is 17.8. The van der Waals surface area contributed by atoms with Crippen molar-refractivity contribution in [3.05, 3.63) is 41.1 Å². The van der Waals surface area contributed by atoms with Gasteiger partial charge in [-0.15, -0.1) is 5.10 Å². The van der Waals surface area contributed by atoms with Gasteiger partial charge in [0.15, 0.2) is 0 Å². The quantitative estimate of drug-likeness (QED) is 0.458. The third kappa shape index (κ3) is 5.24. The highest BCUT2D eigenvalue weighted by molar-refractivity contribution is 5.38. The van der Waals surface area contributed by atoms with E-state index in [4.69, 9.17) is 37.5 Å². The average molecular weight is 468 g/mol. The molecule has 0 saturated carbocycles. The standard InChI is InChI=1S/C23H34N2O7/c1-12(2)25-14(5)17(10-15-6-8-16(9-7-15)30-13(3)4)22(24-25)32-23-21(29)20(28)19(27)18(11-26)31-23/h6-9,12-13,18-21,23,26-29H,10-11H2,1-5H3/t18-,19-,20+,21-,23+/m1/s1/i1D3,2D3,3D3,4D3,5D3,12D,13D. The summed E-state index contributed by atoms with van der Waals surface area (Å²) >= 11 is 0. The molecule has 1 aliphatic rings. The molecule has 9 nitrogen and oxygen atoms in total. The maximum absolute atomic E-state index is 10.5. The Morgan fingerprint density at radius 3 is 2.50 bits per heavy atom. The first-order chi connectivity index (χ1) is 21.9. The van der Waals surface area contributed by atoms with Crippen LogP contribution in [-0.2, 0) is 11.2 Å². The van der Waals surface area contributed by atoms with E-state index in [1.807, 2.05) is 0 Å². The number of aliphatic hydroxyl groups is 4. The molecule has 2 heterocycles. The Labute approximate surface area is 212 Å². The van der Waals surface area contributed by atoms with Gasteiger partial charge in [-0.3, -0.25) is 4.68 Å². The summed E-state index contributed by atoms with van der Waals surface area (Å²) in [6, 6.07) is 0.638. The number of aromatic nitrogens is 2.